The number of carboxylic acid groups (broad SMARTS) is 1. The third kappa shape index (κ3) is 2.98. The Morgan fingerprint density at radius 3 is 2.60 bits per heavy atom. The van der Waals surface area contributed by atoms with E-state index in [1.165, 1.54) is 0 Å². The number of rotatable bonds is 3. The van der Waals surface area contributed by atoms with E-state index < -0.39 is 5.97 Å². The van der Waals surface area contributed by atoms with Crippen molar-refractivity contribution in [3.8, 4) is 6.07 Å². The zero-order chi connectivity index (χ0) is 14.7. The molecule has 2 N–H and O–H groups in total. The number of nitrogens with one attached hydrogen (secondary N) is 1. The summed E-state index contributed by atoms with van der Waals surface area (Å²) in [4.78, 5) is 11.0. The lowest BCUT2D eigenvalue weighted by atomic mass is 10.1. The Morgan fingerprint density at radius 2 is 2.05 bits per heavy atom. The van der Waals surface area contributed by atoms with E-state index in [1.54, 1.807) is 43.3 Å². The molecule has 0 heterocycles. The van der Waals surface area contributed by atoms with Crippen LogP contribution in [-0.2, 0) is 0 Å². The standard InChI is InChI=1S/C15H11BrN2O2/c1-9-6-11(3-4-12(9)15(19)20)18-14-5-2-10(8-17)7-13(14)16/h2-7,18H,1H3,(H,19,20). The van der Waals surface area contributed by atoms with E-state index in [0.29, 0.717) is 11.1 Å². The number of hydrogen-bond acceptors (Lipinski definition) is 3. The molecule has 4 nitrogen and oxygen atoms in total. The minimum Gasteiger partial charge on any atom is -0.478 e. The zero-order valence-corrected chi connectivity index (χ0v) is 12.2. The van der Waals surface area contributed by atoms with Crippen molar-refractivity contribution in [1.29, 1.82) is 5.26 Å². The lowest BCUT2D eigenvalue weighted by molar-refractivity contribution is 0.0696. The average Bonchev–Trinajstić information content (AvgIpc) is 2.40. The molecule has 0 unspecified atom stereocenters. The predicted octanol–water partition coefficient (Wildman–Crippen LogP) is 4.07. The van der Waals surface area contributed by atoms with Gasteiger partial charge in [-0.2, -0.15) is 5.26 Å². The second kappa shape index (κ2) is 5.76. The fraction of sp³-hybridized carbons (Fsp3) is 0.0667. The molecule has 0 atom stereocenters. The van der Waals surface area contributed by atoms with Crippen LogP contribution in [0.15, 0.2) is 40.9 Å². The van der Waals surface area contributed by atoms with Crippen molar-refractivity contribution in [3.63, 3.8) is 0 Å². The summed E-state index contributed by atoms with van der Waals surface area (Å²) in [6.45, 7) is 1.75. The number of carbonyl (C=O) groups is 1. The number of aromatic carboxylic acids is 1. The second-order valence-corrected chi connectivity index (χ2v) is 5.12. The van der Waals surface area contributed by atoms with E-state index in [0.717, 1.165) is 15.8 Å². The van der Waals surface area contributed by atoms with Crippen LogP contribution in [0.5, 0.6) is 0 Å². The molecule has 20 heavy (non-hydrogen) atoms. The van der Waals surface area contributed by atoms with Gasteiger partial charge in [-0.1, -0.05) is 0 Å². The van der Waals surface area contributed by atoms with E-state index in [1.807, 2.05) is 0 Å². The molecule has 100 valence electrons. The molecule has 0 fully saturated rings. The van der Waals surface area contributed by atoms with Crippen LogP contribution in [0.4, 0.5) is 11.4 Å². The smallest absolute Gasteiger partial charge is 0.335 e. The number of aryl methyl sites for hydroxylation is 1. The van der Waals surface area contributed by atoms with Gasteiger partial charge in [0.05, 0.1) is 22.9 Å². The van der Waals surface area contributed by atoms with Gasteiger partial charge in [0, 0.05) is 10.2 Å². The third-order valence-electron chi connectivity index (χ3n) is 2.83. The number of hydrogen-bond donors (Lipinski definition) is 2. The van der Waals surface area contributed by atoms with Gasteiger partial charge >= 0.3 is 5.97 Å². The van der Waals surface area contributed by atoms with Gasteiger partial charge in [-0.3, -0.25) is 0 Å². The van der Waals surface area contributed by atoms with Gasteiger partial charge < -0.3 is 10.4 Å². The van der Waals surface area contributed by atoms with Crippen molar-refractivity contribution in [2.75, 3.05) is 5.32 Å². The summed E-state index contributed by atoms with van der Waals surface area (Å²) < 4.78 is 0.775. The molecule has 5 heteroatoms. The van der Waals surface area contributed by atoms with Crippen molar-refractivity contribution < 1.29 is 9.90 Å². The Labute approximate surface area is 124 Å². The summed E-state index contributed by atoms with van der Waals surface area (Å²) in [6, 6.07) is 12.3. The summed E-state index contributed by atoms with van der Waals surface area (Å²) in [5.41, 5.74) is 3.14. The maximum atomic E-state index is 11.0. The lowest BCUT2D eigenvalue weighted by Crippen LogP contribution is -2.00. The third-order valence-corrected chi connectivity index (χ3v) is 3.49. The summed E-state index contributed by atoms with van der Waals surface area (Å²) >= 11 is 3.39. The van der Waals surface area contributed by atoms with Gasteiger partial charge in [-0.25, -0.2) is 4.79 Å². The molecule has 0 aliphatic rings. The minimum atomic E-state index is -0.936. The molecule has 2 aromatic rings. The first-order valence-electron chi connectivity index (χ1n) is 5.82. The minimum absolute atomic E-state index is 0.287. The summed E-state index contributed by atoms with van der Waals surface area (Å²) in [7, 11) is 0. The quantitative estimate of drug-likeness (QED) is 0.889. The molecule has 0 saturated carbocycles. The predicted molar refractivity (Wildman–Crippen MR) is 80.3 cm³/mol. The topological polar surface area (TPSA) is 73.1 Å². The summed E-state index contributed by atoms with van der Waals surface area (Å²) in [6.07, 6.45) is 0. The number of nitriles is 1. The molecule has 0 radical (unpaired) electrons. The van der Waals surface area contributed by atoms with Gasteiger partial charge in [0.25, 0.3) is 0 Å². The van der Waals surface area contributed by atoms with Crippen LogP contribution in [0.2, 0.25) is 0 Å². The fourth-order valence-corrected chi connectivity index (χ4v) is 2.30. The first-order chi connectivity index (χ1) is 9.51. The van der Waals surface area contributed by atoms with Gasteiger partial charge in [0.1, 0.15) is 0 Å². The zero-order valence-electron chi connectivity index (χ0n) is 10.6. The molecule has 0 spiro atoms. The first-order valence-corrected chi connectivity index (χ1v) is 6.61. The fourth-order valence-electron chi connectivity index (χ4n) is 1.82. The van der Waals surface area contributed by atoms with E-state index >= 15 is 0 Å². The Bertz CT molecular complexity index is 720. The Kier molecular flexibility index (Phi) is 4.06. The Hall–Kier alpha value is -2.32. The van der Waals surface area contributed by atoms with E-state index in [4.69, 9.17) is 10.4 Å². The first kappa shape index (κ1) is 14.1. The Morgan fingerprint density at radius 1 is 1.30 bits per heavy atom. The number of halogens is 1. The monoisotopic (exact) mass is 330 g/mol. The highest BCUT2D eigenvalue weighted by Gasteiger charge is 2.08. The normalized spacial score (nSPS) is 9.85. The maximum Gasteiger partial charge on any atom is 0.335 e. The molecule has 0 aliphatic heterocycles. The highest BCUT2D eigenvalue weighted by atomic mass is 79.9. The van der Waals surface area contributed by atoms with Crippen molar-refractivity contribution in [3.05, 3.63) is 57.6 Å². The SMILES string of the molecule is Cc1cc(Nc2ccc(C#N)cc2Br)ccc1C(=O)O. The van der Waals surface area contributed by atoms with Crippen LogP contribution < -0.4 is 5.32 Å². The van der Waals surface area contributed by atoms with Crippen LogP contribution in [-0.4, -0.2) is 11.1 Å². The number of benzene rings is 2. The highest BCUT2D eigenvalue weighted by molar-refractivity contribution is 9.10. The molecule has 2 aromatic carbocycles. The average molecular weight is 331 g/mol. The van der Waals surface area contributed by atoms with E-state index in [9.17, 15) is 4.79 Å². The summed E-state index contributed by atoms with van der Waals surface area (Å²) in [5.74, 6) is -0.936. The highest BCUT2D eigenvalue weighted by Crippen LogP contribution is 2.27. The van der Waals surface area contributed by atoms with Gasteiger partial charge in [0.15, 0.2) is 0 Å². The molecule has 0 saturated heterocycles. The number of carboxylic acids is 1. The van der Waals surface area contributed by atoms with Gasteiger partial charge in [-0.15, -0.1) is 0 Å². The molecule has 0 bridgehead atoms. The molecular weight excluding hydrogens is 320 g/mol. The second-order valence-electron chi connectivity index (χ2n) is 4.27. The van der Waals surface area contributed by atoms with E-state index in [2.05, 4.69) is 27.3 Å². The summed E-state index contributed by atoms with van der Waals surface area (Å²) in [5, 5.41) is 21.0. The van der Waals surface area contributed by atoms with Crippen molar-refractivity contribution in [1.82, 2.24) is 0 Å². The number of nitrogens with zero attached hydrogens (tertiary/aromatic N) is 1. The maximum absolute atomic E-state index is 11.0. The van der Waals surface area contributed by atoms with Crippen LogP contribution in [0.3, 0.4) is 0 Å². The van der Waals surface area contributed by atoms with E-state index in [-0.39, 0.29) is 5.56 Å². The van der Waals surface area contributed by atoms with Crippen molar-refractivity contribution in [2.45, 2.75) is 6.92 Å². The van der Waals surface area contributed by atoms with Crippen molar-refractivity contribution >= 4 is 33.3 Å². The molecular formula is C15H11BrN2O2. The van der Waals surface area contributed by atoms with Gasteiger partial charge in [0.2, 0.25) is 0 Å². The largest absolute Gasteiger partial charge is 0.478 e. The Balaban J connectivity index is 2.29. The molecule has 2 rings (SSSR count). The van der Waals surface area contributed by atoms with Crippen LogP contribution >= 0.6 is 15.9 Å². The molecule has 0 aliphatic carbocycles. The van der Waals surface area contributed by atoms with Crippen molar-refractivity contribution in [2.24, 2.45) is 0 Å². The lowest BCUT2D eigenvalue weighted by Gasteiger charge is -2.10. The molecule has 0 aromatic heterocycles. The van der Waals surface area contributed by atoms with Gasteiger partial charge in [-0.05, 0) is 64.8 Å². The van der Waals surface area contributed by atoms with Crippen LogP contribution in [0.25, 0.3) is 0 Å². The van der Waals surface area contributed by atoms with Crippen LogP contribution in [0, 0.1) is 18.3 Å². The van der Waals surface area contributed by atoms with Crippen LogP contribution in [0.1, 0.15) is 21.5 Å². The number of anilines is 2. The molecule has 0 amide bonds.